The molecule has 3 aromatic rings. The van der Waals surface area contributed by atoms with Crippen LogP contribution in [-0.2, 0) is 11.3 Å². The minimum Gasteiger partial charge on any atom is -0.463 e. The quantitative estimate of drug-likeness (QED) is 0.726. The van der Waals surface area contributed by atoms with Gasteiger partial charge in [0, 0.05) is 12.0 Å². The average Bonchev–Trinajstić information content (AvgIpc) is 2.97. The van der Waals surface area contributed by atoms with Crippen LogP contribution in [0.1, 0.15) is 30.9 Å². The molecular formula is C21H21NO3. The molecule has 2 heterocycles. The summed E-state index contributed by atoms with van der Waals surface area (Å²) < 4.78 is 13.6. The number of fused-ring (bicyclic) bond motifs is 3. The molecule has 0 spiro atoms. The highest BCUT2D eigenvalue weighted by Crippen LogP contribution is 2.41. The number of nitrogens with zero attached hydrogens (tertiary/aromatic N) is 1. The number of para-hydroxylation sites is 1. The molecule has 4 rings (SSSR count). The minimum absolute atomic E-state index is 0.00672. The van der Waals surface area contributed by atoms with E-state index in [2.05, 4.69) is 0 Å². The van der Waals surface area contributed by atoms with Gasteiger partial charge in [0.05, 0.1) is 23.5 Å². The zero-order chi connectivity index (χ0) is 17.4. The Morgan fingerprint density at radius 3 is 2.56 bits per heavy atom. The van der Waals surface area contributed by atoms with Crippen molar-refractivity contribution in [3.05, 3.63) is 76.1 Å². The summed E-state index contributed by atoms with van der Waals surface area (Å²) in [5.74, 6) is 0.588. The lowest BCUT2D eigenvalue weighted by molar-refractivity contribution is -0.0728. The number of aromatic nitrogens is 1. The molecule has 1 aromatic heterocycles. The van der Waals surface area contributed by atoms with Crippen molar-refractivity contribution in [1.29, 1.82) is 0 Å². The van der Waals surface area contributed by atoms with Crippen LogP contribution < -0.4 is 10.3 Å². The number of rotatable bonds is 4. The van der Waals surface area contributed by atoms with Crippen molar-refractivity contribution in [2.45, 2.75) is 32.6 Å². The summed E-state index contributed by atoms with van der Waals surface area (Å²) in [5, 5.41) is 0.960. The van der Waals surface area contributed by atoms with Crippen LogP contribution in [0.15, 0.2) is 59.4 Å². The van der Waals surface area contributed by atoms with E-state index in [0.717, 1.165) is 16.5 Å². The van der Waals surface area contributed by atoms with Crippen molar-refractivity contribution in [3.63, 3.8) is 0 Å². The fourth-order valence-electron chi connectivity index (χ4n) is 3.55. The third-order valence-electron chi connectivity index (χ3n) is 4.77. The largest absolute Gasteiger partial charge is 0.463 e. The molecular weight excluding hydrogens is 314 g/mol. The average molecular weight is 335 g/mol. The number of hydrogen-bond donors (Lipinski definition) is 0. The Morgan fingerprint density at radius 2 is 1.80 bits per heavy atom. The van der Waals surface area contributed by atoms with E-state index in [9.17, 15) is 4.79 Å². The summed E-state index contributed by atoms with van der Waals surface area (Å²) >= 11 is 0. The topological polar surface area (TPSA) is 40.5 Å². The minimum atomic E-state index is -0.399. The van der Waals surface area contributed by atoms with Crippen LogP contribution in [0.5, 0.6) is 5.75 Å². The van der Waals surface area contributed by atoms with Crippen LogP contribution in [0, 0.1) is 0 Å². The van der Waals surface area contributed by atoms with Gasteiger partial charge in [0.1, 0.15) is 5.75 Å². The van der Waals surface area contributed by atoms with E-state index in [1.54, 1.807) is 0 Å². The Labute approximate surface area is 146 Å². The Bertz CT molecular complexity index is 962. The van der Waals surface area contributed by atoms with E-state index in [4.69, 9.17) is 9.47 Å². The second-order valence-corrected chi connectivity index (χ2v) is 6.37. The summed E-state index contributed by atoms with van der Waals surface area (Å²) in [4.78, 5) is 13.3. The summed E-state index contributed by atoms with van der Waals surface area (Å²) in [6, 6.07) is 18.0. The van der Waals surface area contributed by atoms with Crippen molar-refractivity contribution in [2.75, 3.05) is 6.61 Å². The zero-order valence-electron chi connectivity index (χ0n) is 14.4. The molecule has 1 aliphatic rings. The fraction of sp³-hybridized carbons (Fsp3) is 0.286. The SMILES string of the molecule is CCOC1Oc2c(c(=O)n(Cc3ccccc3)c3ccccc23)C1C. The highest BCUT2D eigenvalue weighted by molar-refractivity contribution is 5.87. The molecule has 1 aliphatic heterocycles. The molecule has 2 unspecified atom stereocenters. The predicted molar refractivity (Wildman–Crippen MR) is 98.2 cm³/mol. The van der Waals surface area contributed by atoms with Crippen LogP contribution in [0.25, 0.3) is 10.9 Å². The van der Waals surface area contributed by atoms with E-state index < -0.39 is 6.29 Å². The molecule has 2 aromatic carbocycles. The van der Waals surface area contributed by atoms with Crippen LogP contribution in [0.4, 0.5) is 0 Å². The molecule has 2 atom stereocenters. The molecule has 25 heavy (non-hydrogen) atoms. The molecule has 4 heteroatoms. The molecule has 0 amide bonds. The summed E-state index contributed by atoms with van der Waals surface area (Å²) in [7, 11) is 0. The van der Waals surface area contributed by atoms with Gasteiger partial charge < -0.3 is 14.0 Å². The third kappa shape index (κ3) is 2.63. The monoisotopic (exact) mass is 335 g/mol. The second-order valence-electron chi connectivity index (χ2n) is 6.37. The standard InChI is InChI=1S/C21H21NO3/c1-3-24-21-14(2)18-19(25-21)16-11-7-8-12-17(16)22(20(18)23)13-15-9-5-4-6-10-15/h4-12,14,21H,3,13H2,1-2H3. The number of hydrogen-bond acceptors (Lipinski definition) is 3. The molecule has 128 valence electrons. The lowest BCUT2D eigenvalue weighted by atomic mass is 10.0. The van der Waals surface area contributed by atoms with Crippen LogP contribution >= 0.6 is 0 Å². The van der Waals surface area contributed by atoms with Gasteiger partial charge in [-0.05, 0) is 24.6 Å². The van der Waals surface area contributed by atoms with Gasteiger partial charge in [0.25, 0.3) is 5.56 Å². The molecule has 0 saturated heterocycles. The summed E-state index contributed by atoms with van der Waals surface area (Å²) in [5.41, 5.74) is 2.71. The van der Waals surface area contributed by atoms with Crippen LogP contribution in [-0.4, -0.2) is 17.5 Å². The first-order valence-corrected chi connectivity index (χ1v) is 8.68. The normalized spacial score (nSPS) is 19.0. The van der Waals surface area contributed by atoms with Gasteiger partial charge in [-0.1, -0.05) is 49.4 Å². The fourth-order valence-corrected chi connectivity index (χ4v) is 3.55. The van der Waals surface area contributed by atoms with Gasteiger partial charge in [-0.25, -0.2) is 0 Å². The van der Waals surface area contributed by atoms with Crippen LogP contribution in [0.2, 0.25) is 0 Å². The Morgan fingerprint density at radius 1 is 1.08 bits per heavy atom. The number of benzene rings is 2. The van der Waals surface area contributed by atoms with Gasteiger partial charge in [-0.3, -0.25) is 4.79 Å². The molecule has 0 bridgehead atoms. The van der Waals surface area contributed by atoms with Crippen molar-refractivity contribution < 1.29 is 9.47 Å². The maximum atomic E-state index is 13.3. The number of pyridine rings is 1. The van der Waals surface area contributed by atoms with Crippen molar-refractivity contribution in [1.82, 2.24) is 4.57 Å². The van der Waals surface area contributed by atoms with Gasteiger partial charge in [0.2, 0.25) is 6.29 Å². The highest BCUT2D eigenvalue weighted by Gasteiger charge is 2.36. The first-order valence-electron chi connectivity index (χ1n) is 8.68. The van der Waals surface area contributed by atoms with E-state index >= 15 is 0 Å². The highest BCUT2D eigenvalue weighted by atomic mass is 16.7. The summed E-state index contributed by atoms with van der Waals surface area (Å²) in [6.07, 6.45) is -0.399. The number of ether oxygens (including phenoxy) is 2. The molecule has 0 aliphatic carbocycles. The maximum Gasteiger partial charge on any atom is 0.258 e. The lowest BCUT2D eigenvalue weighted by Gasteiger charge is -2.14. The molecule has 0 fully saturated rings. The van der Waals surface area contributed by atoms with E-state index in [1.165, 1.54) is 0 Å². The Kier molecular flexibility index (Phi) is 4.06. The first-order chi connectivity index (χ1) is 12.2. The van der Waals surface area contributed by atoms with Crippen molar-refractivity contribution in [3.8, 4) is 5.75 Å². The smallest absolute Gasteiger partial charge is 0.258 e. The van der Waals surface area contributed by atoms with E-state index in [-0.39, 0.29) is 11.5 Å². The maximum absolute atomic E-state index is 13.3. The second kappa shape index (κ2) is 6.37. The van der Waals surface area contributed by atoms with Gasteiger partial charge in [0.15, 0.2) is 0 Å². The third-order valence-corrected chi connectivity index (χ3v) is 4.77. The van der Waals surface area contributed by atoms with Crippen molar-refractivity contribution in [2.24, 2.45) is 0 Å². The van der Waals surface area contributed by atoms with E-state index in [0.29, 0.717) is 24.5 Å². The molecule has 4 nitrogen and oxygen atoms in total. The Hall–Kier alpha value is -2.59. The summed E-state index contributed by atoms with van der Waals surface area (Å²) in [6.45, 7) is 5.03. The lowest BCUT2D eigenvalue weighted by Crippen LogP contribution is -2.27. The van der Waals surface area contributed by atoms with Crippen molar-refractivity contribution >= 4 is 10.9 Å². The van der Waals surface area contributed by atoms with Gasteiger partial charge >= 0.3 is 0 Å². The first kappa shape index (κ1) is 15.9. The van der Waals surface area contributed by atoms with Gasteiger partial charge in [-0.15, -0.1) is 0 Å². The molecule has 0 N–H and O–H groups in total. The van der Waals surface area contributed by atoms with E-state index in [1.807, 2.05) is 73.0 Å². The van der Waals surface area contributed by atoms with Crippen LogP contribution in [0.3, 0.4) is 0 Å². The zero-order valence-corrected chi connectivity index (χ0v) is 14.4. The van der Waals surface area contributed by atoms with Gasteiger partial charge in [-0.2, -0.15) is 0 Å². The Balaban J connectivity index is 1.92. The molecule has 0 saturated carbocycles. The predicted octanol–water partition coefficient (Wildman–Crippen LogP) is 3.91. The molecule has 0 radical (unpaired) electrons.